The van der Waals surface area contributed by atoms with Crippen LogP contribution in [0.4, 0.5) is 8.78 Å². The zero-order valence-corrected chi connectivity index (χ0v) is 11.2. The van der Waals surface area contributed by atoms with Crippen LogP contribution in [0, 0.1) is 0 Å². The molecule has 0 unspecified atom stereocenters. The molecule has 1 fully saturated rings. The van der Waals surface area contributed by atoms with Gasteiger partial charge in [-0.2, -0.15) is 0 Å². The molecule has 0 saturated carbocycles. The van der Waals surface area contributed by atoms with Crippen molar-refractivity contribution in [3.05, 3.63) is 33.8 Å². The van der Waals surface area contributed by atoms with E-state index in [1.807, 2.05) is 0 Å². The van der Waals surface area contributed by atoms with Crippen molar-refractivity contribution >= 4 is 23.2 Å². The highest BCUT2D eigenvalue weighted by Gasteiger charge is 2.30. The standard InChI is InChI=1S/C12H14Cl2F2N2/c13-9-5-8(6-10(14)7-9)11(12(15)16)18-3-1-17-2-4-18/h5-7,11-12,17H,1-4H2/t11-/m1/s1. The van der Waals surface area contributed by atoms with Gasteiger partial charge in [0.25, 0.3) is 6.43 Å². The Kier molecular flexibility index (Phi) is 4.78. The predicted molar refractivity (Wildman–Crippen MR) is 69.6 cm³/mol. The van der Waals surface area contributed by atoms with E-state index in [1.165, 1.54) is 0 Å². The number of hydrogen-bond donors (Lipinski definition) is 1. The van der Waals surface area contributed by atoms with Gasteiger partial charge in [0.15, 0.2) is 0 Å². The predicted octanol–water partition coefficient (Wildman–Crippen LogP) is 3.20. The highest BCUT2D eigenvalue weighted by atomic mass is 35.5. The van der Waals surface area contributed by atoms with Crippen LogP contribution in [0.25, 0.3) is 0 Å². The maximum Gasteiger partial charge on any atom is 0.258 e. The molecule has 0 bridgehead atoms. The molecule has 1 aromatic rings. The summed E-state index contributed by atoms with van der Waals surface area (Å²) in [6.45, 7) is 2.63. The largest absolute Gasteiger partial charge is 0.314 e. The van der Waals surface area contributed by atoms with Crippen LogP contribution in [0.2, 0.25) is 10.0 Å². The molecule has 1 atom stereocenters. The molecule has 0 radical (unpaired) electrons. The zero-order chi connectivity index (χ0) is 13.1. The van der Waals surface area contributed by atoms with E-state index in [-0.39, 0.29) is 0 Å². The van der Waals surface area contributed by atoms with Crippen LogP contribution < -0.4 is 5.32 Å². The van der Waals surface area contributed by atoms with Gasteiger partial charge in [0.1, 0.15) is 0 Å². The van der Waals surface area contributed by atoms with Gasteiger partial charge in [-0.15, -0.1) is 0 Å². The smallest absolute Gasteiger partial charge is 0.258 e. The number of halogens is 4. The number of piperazine rings is 1. The quantitative estimate of drug-likeness (QED) is 0.921. The third-order valence-corrected chi connectivity index (χ3v) is 3.45. The fraction of sp³-hybridized carbons (Fsp3) is 0.500. The van der Waals surface area contributed by atoms with E-state index >= 15 is 0 Å². The minimum absolute atomic E-state index is 0.387. The summed E-state index contributed by atoms with van der Waals surface area (Å²) in [6.07, 6.45) is -2.46. The van der Waals surface area contributed by atoms with Crippen molar-refractivity contribution in [1.29, 1.82) is 0 Å². The van der Waals surface area contributed by atoms with E-state index < -0.39 is 12.5 Å². The molecule has 1 aliphatic rings. The summed E-state index contributed by atoms with van der Waals surface area (Å²) >= 11 is 11.8. The lowest BCUT2D eigenvalue weighted by molar-refractivity contribution is 0.0182. The molecule has 0 aromatic heterocycles. The fourth-order valence-electron chi connectivity index (χ4n) is 2.22. The van der Waals surface area contributed by atoms with Gasteiger partial charge in [-0.25, -0.2) is 8.78 Å². The number of alkyl halides is 2. The summed E-state index contributed by atoms with van der Waals surface area (Å²) in [5.41, 5.74) is 0.476. The lowest BCUT2D eigenvalue weighted by Gasteiger charge is -2.34. The number of rotatable bonds is 3. The molecular formula is C12H14Cl2F2N2. The molecule has 2 rings (SSSR count). The van der Waals surface area contributed by atoms with E-state index in [0.29, 0.717) is 28.7 Å². The van der Waals surface area contributed by atoms with Gasteiger partial charge in [0, 0.05) is 36.2 Å². The number of hydrogen-bond acceptors (Lipinski definition) is 2. The molecule has 6 heteroatoms. The highest BCUT2D eigenvalue weighted by Crippen LogP contribution is 2.31. The Labute approximate surface area is 115 Å². The SMILES string of the molecule is FC(F)[C@@H](c1cc(Cl)cc(Cl)c1)N1CCNCC1. The van der Waals surface area contributed by atoms with Crippen LogP contribution in [-0.4, -0.2) is 37.5 Å². The van der Waals surface area contributed by atoms with Gasteiger partial charge in [0.2, 0.25) is 0 Å². The summed E-state index contributed by atoms with van der Waals surface area (Å²) in [5.74, 6) is 0. The average molecular weight is 295 g/mol. The second-order valence-corrected chi connectivity index (χ2v) is 5.14. The lowest BCUT2D eigenvalue weighted by atomic mass is 10.0. The van der Waals surface area contributed by atoms with E-state index in [4.69, 9.17) is 23.2 Å². The Bertz CT molecular complexity index is 389. The molecule has 2 nitrogen and oxygen atoms in total. The van der Waals surface area contributed by atoms with Crippen LogP contribution >= 0.6 is 23.2 Å². The third-order valence-electron chi connectivity index (χ3n) is 3.01. The minimum Gasteiger partial charge on any atom is -0.314 e. The van der Waals surface area contributed by atoms with Crippen LogP contribution in [0.3, 0.4) is 0 Å². The topological polar surface area (TPSA) is 15.3 Å². The summed E-state index contributed by atoms with van der Waals surface area (Å²) in [7, 11) is 0. The first-order chi connectivity index (χ1) is 8.58. The Balaban J connectivity index is 2.28. The van der Waals surface area contributed by atoms with E-state index in [0.717, 1.165) is 13.1 Å². The molecule has 1 N–H and O–H groups in total. The van der Waals surface area contributed by atoms with Crippen molar-refractivity contribution < 1.29 is 8.78 Å². The fourth-order valence-corrected chi connectivity index (χ4v) is 2.76. The van der Waals surface area contributed by atoms with Crippen molar-refractivity contribution in [3.63, 3.8) is 0 Å². The van der Waals surface area contributed by atoms with E-state index in [2.05, 4.69) is 5.32 Å². The van der Waals surface area contributed by atoms with Gasteiger partial charge < -0.3 is 5.32 Å². The maximum atomic E-state index is 13.3. The van der Waals surface area contributed by atoms with Gasteiger partial charge in [-0.05, 0) is 23.8 Å². The molecule has 1 heterocycles. The third kappa shape index (κ3) is 3.32. The van der Waals surface area contributed by atoms with Gasteiger partial charge in [0.05, 0.1) is 6.04 Å². The van der Waals surface area contributed by atoms with Crippen molar-refractivity contribution in [2.75, 3.05) is 26.2 Å². The molecule has 0 aliphatic carbocycles. The molecule has 1 saturated heterocycles. The van der Waals surface area contributed by atoms with Gasteiger partial charge in [-0.3, -0.25) is 4.90 Å². The van der Waals surface area contributed by atoms with Crippen LogP contribution in [0.15, 0.2) is 18.2 Å². The monoisotopic (exact) mass is 294 g/mol. The molecule has 0 amide bonds. The van der Waals surface area contributed by atoms with Crippen LogP contribution in [0.1, 0.15) is 11.6 Å². The van der Waals surface area contributed by atoms with Crippen molar-refractivity contribution in [1.82, 2.24) is 10.2 Å². The first kappa shape index (κ1) is 14.0. The van der Waals surface area contributed by atoms with Crippen LogP contribution in [0.5, 0.6) is 0 Å². The van der Waals surface area contributed by atoms with Crippen molar-refractivity contribution in [3.8, 4) is 0 Å². The molecule has 1 aliphatic heterocycles. The Morgan fingerprint density at radius 1 is 1.06 bits per heavy atom. The van der Waals surface area contributed by atoms with E-state index in [1.54, 1.807) is 23.1 Å². The van der Waals surface area contributed by atoms with Gasteiger partial charge in [-0.1, -0.05) is 23.2 Å². The molecule has 18 heavy (non-hydrogen) atoms. The summed E-state index contributed by atoms with van der Waals surface area (Å²) in [6, 6.07) is 3.73. The number of nitrogens with zero attached hydrogens (tertiary/aromatic N) is 1. The second-order valence-electron chi connectivity index (χ2n) is 4.27. The lowest BCUT2D eigenvalue weighted by Crippen LogP contribution is -2.46. The first-order valence-corrected chi connectivity index (χ1v) is 6.52. The Hall–Kier alpha value is -0.420. The summed E-state index contributed by atoms with van der Waals surface area (Å²) in [4.78, 5) is 1.77. The zero-order valence-electron chi connectivity index (χ0n) is 9.67. The number of nitrogens with one attached hydrogen (secondary N) is 1. The summed E-state index contributed by atoms with van der Waals surface area (Å²) < 4.78 is 26.6. The van der Waals surface area contributed by atoms with Crippen molar-refractivity contribution in [2.24, 2.45) is 0 Å². The Morgan fingerprint density at radius 3 is 2.11 bits per heavy atom. The molecular weight excluding hydrogens is 281 g/mol. The normalized spacial score (nSPS) is 19.2. The second kappa shape index (κ2) is 6.15. The van der Waals surface area contributed by atoms with Crippen molar-refractivity contribution in [2.45, 2.75) is 12.5 Å². The van der Waals surface area contributed by atoms with Crippen LogP contribution in [-0.2, 0) is 0 Å². The first-order valence-electron chi connectivity index (χ1n) is 5.77. The highest BCUT2D eigenvalue weighted by molar-refractivity contribution is 6.34. The minimum atomic E-state index is -2.46. The molecule has 100 valence electrons. The molecule has 1 aromatic carbocycles. The summed E-state index contributed by atoms with van der Waals surface area (Å²) in [5, 5.41) is 3.92. The molecule has 0 spiro atoms. The van der Waals surface area contributed by atoms with E-state index in [9.17, 15) is 8.78 Å². The van der Waals surface area contributed by atoms with Gasteiger partial charge >= 0.3 is 0 Å². The number of benzene rings is 1. The average Bonchev–Trinajstić information content (AvgIpc) is 2.28. The Morgan fingerprint density at radius 2 is 1.61 bits per heavy atom. The maximum absolute atomic E-state index is 13.3.